The van der Waals surface area contributed by atoms with E-state index in [-0.39, 0.29) is 5.88 Å². The second kappa shape index (κ2) is 6.51. The number of ether oxygens (including phenoxy) is 1. The van der Waals surface area contributed by atoms with E-state index >= 15 is 0 Å². The van der Waals surface area contributed by atoms with Crippen LogP contribution in [-0.2, 0) is 0 Å². The number of aliphatic imine (C=N–C) groups is 1. The minimum atomic E-state index is 0.112. The molecule has 128 valence electrons. The number of nitrogens with zero attached hydrogens (tertiary/aromatic N) is 2. The van der Waals surface area contributed by atoms with Gasteiger partial charge in [-0.2, -0.15) is 0 Å². The molecule has 25 heavy (non-hydrogen) atoms. The zero-order valence-corrected chi connectivity index (χ0v) is 14.2. The summed E-state index contributed by atoms with van der Waals surface area (Å²) in [6, 6.07) is 13.9. The number of nitrogens with one attached hydrogen (secondary N) is 1. The van der Waals surface area contributed by atoms with E-state index in [4.69, 9.17) is 4.74 Å². The highest BCUT2D eigenvalue weighted by molar-refractivity contribution is 6.03. The molecule has 1 aliphatic heterocycles. The molecule has 0 radical (unpaired) electrons. The number of anilines is 1. The molecule has 0 atom stereocenters. The van der Waals surface area contributed by atoms with Gasteiger partial charge in [0, 0.05) is 35.9 Å². The Kier molecular flexibility index (Phi) is 4.06. The van der Waals surface area contributed by atoms with Crippen molar-refractivity contribution in [2.75, 3.05) is 25.1 Å². The van der Waals surface area contributed by atoms with Crippen LogP contribution in [0.25, 0.3) is 10.9 Å². The number of methoxy groups -OCH3 is 1. The van der Waals surface area contributed by atoms with E-state index in [1.807, 2.05) is 30.3 Å². The first-order chi connectivity index (χ1) is 12.2. The van der Waals surface area contributed by atoms with Gasteiger partial charge in [0.2, 0.25) is 0 Å². The van der Waals surface area contributed by atoms with Crippen molar-refractivity contribution in [3.8, 4) is 11.6 Å². The molecule has 1 aromatic heterocycles. The van der Waals surface area contributed by atoms with Gasteiger partial charge in [0.1, 0.15) is 5.75 Å². The van der Waals surface area contributed by atoms with E-state index in [0.29, 0.717) is 5.56 Å². The molecule has 0 unspecified atom stereocenters. The highest BCUT2D eigenvalue weighted by atomic mass is 16.5. The lowest BCUT2D eigenvalue weighted by Gasteiger charge is -2.17. The van der Waals surface area contributed by atoms with Crippen molar-refractivity contribution in [2.45, 2.75) is 12.8 Å². The molecule has 5 nitrogen and oxygen atoms in total. The number of rotatable bonds is 4. The third kappa shape index (κ3) is 3.05. The van der Waals surface area contributed by atoms with E-state index in [9.17, 15) is 5.11 Å². The molecular formula is C20H21N3O2. The van der Waals surface area contributed by atoms with Crippen molar-refractivity contribution in [3.05, 3.63) is 48.0 Å². The van der Waals surface area contributed by atoms with Gasteiger partial charge in [0.15, 0.2) is 5.88 Å². The molecule has 0 saturated carbocycles. The van der Waals surface area contributed by atoms with Gasteiger partial charge in [0.05, 0.1) is 18.4 Å². The second-order valence-electron chi connectivity index (χ2n) is 6.27. The number of hydrogen-bond acceptors (Lipinski definition) is 4. The fraction of sp³-hybridized carbons (Fsp3) is 0.250. The highest BCUT2D eigenvalue weighted by Gasteiger charge is 2.12. The van der Waals surface area contributed by atoms with E-state index in [0.717, 1.165) is 35.4 Å². The van der Waals surface area contributed by atoms with Gasteiger partial charge in [-0.15, -0.1) is 0 Å². The van der Waals surface area contributed by atoms with Crippen molar-refractivity contribution in [1.29, 1.82) is 0 Å². The van der Waals surface area contributed by atoms with Crippen LogP contribution in [0.2, 0.25) is 0 Å². The Bertz CT molecular complexity index is 907. The molecule has 4 rings (SSSR count). The van der Waals surface area contributed by atoms with Crippen LogP contribution < -0.4 is 9.64 Å². The summed E-state index contributed by atoms with van der Waals surface area (Å²) in [6.45, 7) is 2.27. The van der Waals surface area contributed by atoms with Gasteiger partial charge >= 0.3 is 0 Å². The van der Waals surface area contributed by atoms with Gasteiger partial charge in [-0.1, -0.05) is 0 Å². The second-order valence-corrected chi connectivity index (χ2v) is 6.27. The maximum absolute atomic E-state index is 10.2. The zero-order chi connectivity index (χ0) is 17.2. The summed E-state index contributed by atoms with van der Waals surface area (Å²) in [5.74, 6) is 0.858. The fourth-order valence-electron chi connectivity index (χ4n) is 3.30. The molecule has 0 amide bonds. The average Bonchev–Trinajstić information content (AvgIpc) is 3.27. The number of aromatic hydroxyl groups is 1. The van der Waals surface area contributed by atoms with E-state index in [2.05, 4.69) is 27.0 Å². The first-order valence-corrected chi connectivity index (χ1v) is 8.52. The molecule has 3 aromatic rings. The standard InChI is InChI=1S/C20H21N3O2/c1-25-16-8-9-19-17(12-16)18(20(24)22-19)13-21-14-4-6-15(7-5-14)23-10-2-3-11-23/h4-9,12-13,22,24H,2-3,10-11H2,1H3. The summed E-state index contributed by atoms with van der Waals surface area (Å²) in [5.41, 5.74) is 3.62. The van der Waals surface area contributed by atoms with Crippen LogP contribution in [-0.4, -0.2) is 36.5 Å². The van der Waals surface area contributed by atoms with E-state index in [1.54, 1.807) is 13.3 Å². The van der Waals surface area contributed by atoms with Crippen molar-refractivity contribution < 1.29 is 9.84 Å². The van der Waals surface area contributed by atoms with E-state index in [1.165, 1.54) is 18.5 Å². The summed E-state index contributed by atoms with van der Waals surface area (Å²) in [4.78, 5) is 9.88. The van der Waals surface area contributed by atoms with Crippen molar-refractivity contribution in [2.24, 2.45) is 4.99 Å². The molecule has 2 aromatic carbocycles. The van der Waals surface area contributed by atoms with Crippen molar-refractivity contribution in [1.82, 2.24) is 4.98 Å². The Balaban J connectivity index is 1.60. The smallest absolute Gasteiger partial charge is 0.198 e. The minimum absolute atomic E-state index is 0.112. The molecule has 1 saturated heterocycles. The van der Waals surface area contributed by atoms with Crippen LogP contribution in [0.3, 0.4) is 0 Å². The highest BCUT2D eigenvalue weighted by Crippen LogP contribution is 2.30. The Morgan fingerprint density at radius 2 is 1.88 bits per heavy atom. The lowest BCUT2D eigenvalue weighted by molar-refractivity contribution is 0.415. The number of aromatic nitrogens is 1. The summed E-state index contributed by atoms with van der Waals surface area (Å²) in [7, 11) is 1.63. The molecule has 1 aliphatic rings. The molecular weight excluding hydrogens is 314 g/mol. The predicted octanol–water partition coefficient (Wildman–Crippen LogP) is 4.23. The Labute approximate surface area is 146 Å². The lowest BCUT2D eigenvalue weighted by atomic mass is 10.1. The number of aromatic amines is 1. The number of hydrogen-bond donors (Lipinski definition) is 2. The van der Waals surface area contributed by atoms with Crippen molar-refractivity contribution >= 4 is 28.5 Å². The molecule has 0 spiro atoms. The molecule has 0 aliphatic carbocycles. The predicted molar refractivity (Wildman–Crippen MR) is 102 cm³/mol. The maximum Gasteiger partial charge on any atom is 0.198 e. The van der Waals surface area contributed by atoms with E-state index < -0.39 is 0 Å². The molecule has 5 heteroatoms. The van der Waals surface area contributed by atoms with Crippen LogP contribution in [0.4, 0.5) is 11.4 Å². The first-order valence-electron chi connectivity index (χ1n) is 8.52. The maximum atomic E-state index is 10.2. The molecule has 0 bridgehead atoms. The largest absolute Gasteiger partial charge is 0.497 e. The van der Waals surface area contributed by atoms with Crippen LogP contribution in [0.1, 0.15) is 18.4 Å². The van der Waals surface area contributed by atoms with Gasteiger partial charge in [-0.3, -0.25) is 4.99 Å². The van der Waals surface area contributed by atoms with Gasteiger partial charge < -0.3 is 19.7 Å². The lowest BCUT2D eigenvalue weighted by Crippen LogP contribution is -2.17. The molecule has 1 fully saturated rings. The summed E-state index contributed by atoms with van der Waals surface area (Å²) < 4.78 is 5.27. The number of H-pyrrole nitrogens is 1. The Morgan fingerprint density at radius 3 is 2.60 bits per heavy atom. The van der Waals surface area contributed by atoms with Crippen LogP contribution in [0.5, 0.6) is 11.6 Å². The topological polar surface area (TPSA) is 60.9 Å². The van der Waals surface area contributed by atoms with Crippen LogP contribution in [0.15, 0.2) is 47.5 Å². The quantitative estimate of drug-likeness (QED) is 0.701. The fourth-order valence-corrected chi connectivity index (χ4v) is 3.30. The number of benzene rings is 2. The summed E-state index contributed by atoms with van der Waals surface area (Å²) in [5, 5.41) is 11.1. The van der Waals surface area contributed by atoms with Crippen LogP contribution in [0, 0.1) is 0 Å². The SMILES string of the molecule is COc1ccc2[nH]c(O)c(C=Nc3ccc(N4CCCC4)cc3)c2c1. The van der Waals surface area contributed by atoms with Crippen LogP contribution >= 0.6 is 0 Å². The van der Waals surface area contributed by atoms with Gasteiger partial charge in [0.25, 0.3) is 0 Å². The average molecular weight is 335 g/mol. The summed E-state index contributed by atoms with van der Waals surface area (Å²) >= 11 is 0. The van der Waals surface area contributed by atoms with Crippen molar-refractivity contribution in [3.63, 3.8) is 0 Å². The third-order valence-corrected chi connectivity index (χ3v) is 4.69. The minimum Gasteiger partial charge on any atom is -0.497 e. The van der Waals surface area contributed by atoms with Gasteiger partial charge in [-0.05, 0) is 55.3 Å². The Hall–Kier alpha value is -2.95. The number of fused-ring (bicyclic) bond motifs is 1. The molecule has 2 heterocycles. The normalized spacial score (nSPS) is 14.7. The third-order valence-electron chi connectivity index (χ3n) is 4.69. The Morgan fingerprint density at radius 1 is 1.12 bits per heavy atom. The summed E-state index contributed by atoms with van der Waals surface area (Å²) in [6.07, 6.45) is 4.23. The molecule has 2 N–H and O–H groups in total. The monoisotopic (exact) mass is 335 g/mol. The van der Waals surface area contributed by atoms with Gasteiger partial charge in [-0.25, -0.2) is 0 Å². The first kappa shape index (κ1) is 15.6. The zero-order valence-electron chi connectivity index (χ0n) is 14.2.